The average Bonchev–Trinajstić information content (AvgIpc) is 2.56. The van der Waals surface area contributed by atoms with Gasteiger partial charge >= 0.3 is 84.9 Å². The number of hydrogen-bond acceptors (Lipinski definition) is 2. The zero-order chi connectivity index (χ0) is 20.1. The van der Waals surface area contributed by atoms with Gasteiger partial charge in [0.1, 0.15) is 0 Å². The minimum atomic E-state index is -4.24. The van der Waals surface area contributed by atoms with Crippen molar-refractivity contribution in [2.24, 2.45) is 5.92 Å². The van der Waals surface area contributed by atoms with E-state index in [0.717, 1.165) is 25.2 Å². The van der Waals surface area contributed by atoms with Crippen molar-refractivity contribution in [3.05, 3.63) is 0 Å². The maximum Gasteiger partial charge on any atom is 0.469 e. The summed E-state index contributed by atoms with van der Waals surface area (Å²) < 4.78 is 16.2. The molecule has 4 nitrogen and oxygen atoms in total. The summed E-state index contributed by atoms with van der Waals surface area (Å²) in [5.74, 6) is 0.916. The van der Waals surface area contributed by atoms with E-state index < -0.39 is 7.82 Å². The molecule has 0 fully saturated rings. The van der Waals surface area contributed by atoms with Crippen molar-refractivity contribution in [1.82, 2.24) is 0 Å². The van der Waals surface area contributed by atoms with Gasteiger partial charge in [0.15, 0.2) is 0 Å². The Hall–Kier alpha value is 1.11. The standard InChI is InChI=1S/C12H27O4P.C8H17.Na/c1-2-3-4-5-6-7-8-9-10-11-12-16-17(13,14)15;1-4-5-6-7-8(2)3;/h2-12H2,1H3,(H2,13,14,15);8H,1,4-7H2,2-3H3;. The van der Waals surface area contributed by atoms with Crippen LogP contribution in [0.2, 0.25) is 3.67 Å². The third-order valence-corrected chi connectivity index (χ3v) is 5.62. The second kappa shape index (κ2) is 22.4. The van der Waals surface area contributed by atoms with Crippen LogP contribution in [0, 0.1) is 5.92 Å². The summed E-state index contributed by atoms with van der Waals surface area (Å²) in [6.45, 7) is 7.00. The minimum Gasteiger partial charge on any atom is -0.303 e. The SMILES string of the molecule is CC(C)CCCC[CH2][Na].CCCCCCCCCCCCOP(=O)(O)O. The Labute approximate surface area is 180 Å². The second-order valence-electron chi connectivity index (χ2n) is 7.75. The first kappa shape index (κ1) is 29.3. The van der Waals surface area contributed by atoms with Gasteiger partial charge in [-0.05, 0) is 6.42 Å². The maximum absolute atomic E-state index is 10.4. The molecule has 0 unspecified atom stereocenters. The fourth-order valence-corrected chi connectivity index (χ4v) is 3.62. The molecule has 2 N–H and O–H groups in total. The first-order valence-corrected chi connectivity index (χ1v) is 14.0. The predicted molar refractivity (Wildman–Crippen MR) is 114 cm³/mol. The van der Waals surface area contributed by atoms with E-state index in [1.807, 2.05) is 0 Å². The molecule has 0 rings (SSSR count). The van der Waals surface area contributed by atoms with Gasteiger partial charge in [-0.3, -0.25) is 4.52 Å². The van der Waals surface area contributed by atoms with Crippen LogP contribution in [-0.2, 0) is 9.09 Å². The number of hydrogen-bond donors (Lipinski definition) is 2. The summed E-state index contributed by atoms with van der Waals surface area (Å²) in [5.41, 5.74) is 0. The van der Waals surface area contributed by atoms with Crippen LogP contribution in [0.25, 0.3) is 0 Å². The largest absolute Gasteiger partial charge is 0.469 e. The molecular formula is C20H44NaO4P. The van der Waals surface area contributed by atoms with E-state index in [9.17, 15) is 4.57 Å². The van der Waals surface area contributed by atoms with Crippen molar-refractivity contribution in [2.45, 2.75) is 114 Å². The van der Waals surface area contributed by atoms with E-state index in [4.69, 9.17) is 9.79 Å². The predicted octanol–water partition coefficient (Wildman–Crippen LogP) is 6.81. The zero-order valence-corrected chi connectivity index (χ0v) is 20.9. The molecule has 0 radical (unpaired) electrons. The van der Waals surface area contributed by atoms with Crippen LogP contribution in [0.3, 0.4) is 0 Å². The van der Waals surface area contributed by atoms with E-state index >= 15 is 0 Å². The summed E-state index contributed by atoms with van der Waals surface area (Å²) >= 11 is 1.40. The van der Waals surface area contributed by atoms with Crippen molar-refractivity contribution in [3.63, 3.8) is 0 Å². The molecule has 0 aromatic carbocycles. The van der Waals surface area contributed by atoms with Gasteiger partial charge in [-0.2, -0.15) is 0 Å². The molecule has 0 aromatic rings. The molecule has 0 spiro atoms. The van der Waals surface area contributed by atoms with E-state index in [-0.39, 0.29) is 6.61 Å². The first-order chi connectivity index (χ1) is 12.3. The molecule has 0 heterocycles. The molecule has 0 aliphatic rings. The van der Waals surface area contributed by atoms with Gasteiger partial charge in [0, 0.05) is 0 Å². The molecule has 0 saturated heterocycles. The van der Waals surface area contributed by atoms with Crippen LogP contribution >= 0.6 is 7.82 Å². The molecule has 0 aromatic heterocycles. The molecule has 154 valence electrons. The summed E-state index contributed by atoms with van der Waals surface area (Å²) in [6.07, 6.45) is 17.9. The molecule has 0 aliphatic carbocycles. The minimum absolute atomic E-state index is 0.167. The van der Waals surface area contributed by atoms with Gasteiger partial charge < -0.3 is 9.79 Å². The maximum atomic E-state index is 10.4. The van der Waals surface area contributed by atoms with Gasteiger partial charge in [0.2, 0.25) is 0 Å². The Morgan fingerprint density at radius 1 is 0.808 bits per heavy atom. The number of unbranched alkanes of at least 4 members (excludes halogenated alkanes) is 11. The van der Waals surface area contributed by atoms with Crippen LogP contribution in [0.4, 0.5) is 0 Å². The summed E-state index contributed by atoms with van der Waals surface area (Å²) in [4.78, 5) is 16.9. The van der Waals surface area contributed by atoms with Crippen LogP contribution < -0.4 is 0 Å². The number of phosphoric ester groups is 1. The fraction of sp³-hybridized carbons (Fsp3) is 1.00. The normalized spacial score (nSPS) is 11.5. The van der Waals surface area contributed by atoms with Gasteiger partial charge in [-0.25, -0.2) is 4.57 Å². The Balaban J connectivity index is 0. The third-order valence-electron chi connectivity index (χ3n) is 4.39. The quantitative estimate of drug-likeness (QED) is 0.159. The van der Waals surface area contributed by atoms with Crippen molar-refractivity contribution >= 4 is 35.8 Å². The van der Waals surface area contributed by atoms with Gasteiger partial charge in [-0.15, -0.1) is 0 Å². The van der Waals surface area contributed by atoms with Crippen LogP contribution in [0.5, 0.6) is 0 Å². The van der Waals surface area contributed by atoms with Crippen LogP contribution in [0.15, 0.2) is 0 Å². The molecule has 6 heteroatoms. The first-order valence-electron chi connectivity index (χ1n) is 11.0. The molecule has 0 atom stereocenters. The molecule has 0 aliphatic heterocycles. The Morgan fingerprint density at radius 3 is 1.69 bits per heavy atom. The topological polar surface area (TPSA) is 66.8 Å². The van der Waals surface area contributed by atoms with Crippen molar-refractivity contribution in [2.75, 3.05) is 6.61 Å². The van der Waals surface area contributed by atoms with Gasteiger partial charge in [0.05, 0.1) is 6.61 Å². The molecule has 26 heavy (non-hydrogen) atoms. The average molecular weight is 403 g/mol. The Bertz CT molecular complexity index is 308. The molecule has 0 amide bonds. The molecule has 0 bridgehead atoms. The molecule has 0 saturated carbocycles. The number of phosphoric acid groups is 1. The van der Waals surface area contributed by atoms with E-state index in [0.29, 0.717) is 0 Å². The Morgan fingerprint density at radius 2 is 1.27 bits per heavy atom. The van der Waals surface area contributed by atoms with Crippen molar-refractivity contribution < 1.29 is 18.9 Å². The fourth-order valence-electron chi connectivity index (χ4n) is 2.75. The van der Waals surface area contributed by atoms with Crippen LogP contribution in [0.1, 0.15) is 111 Å². The number of rotatable bonds is 17. The van der Waals surface area contributed by atoms with E-state index in [1.165, 1.54) is 102 Å². The summed E-state index contributed by atoms with van der Waals surface area (Å²) in [5, 5.41) is 0. The van der Waals surface area contributed by atoms with Crippen molar-refractivity contribution in [1.29, 1.82) is 0 Å². The van der Waals surface area contributed by atoms with Gasteiger partial charge in [0.25, 0.3) is 0 Å². The third kappa shape index (κ3) is 32.8. The van der Waals surface area contributed by atoms with Gasteiger partial charge in [-0.1, -0.05) is 64.7 Å². The second-order valence-corrected chi connectivity index (χ2v) is 9.99. The zero-order valence-electron chi connectivity index (χ0n) is 18.0. The van der Waals surface area contributed by atoms with Crippen LogP contribution in [-0.4, -0.2) is 44.3 Å². The smallest absolute Gasteiger partial charge is 0.303 e. The summed E-state index contributed by atoms with van der Waals surface area (Å²) in [7, 11) is -4.24. The monoisotopic (exact) mass is 402 g/mol. The van der Waals surface area contributed by atoms with E-state index in [2.05, 4.69) is 25.3 Å². The van der Waals surface area contributed by atoms with E-state index in [1.54, 1.807) is 0 Å². The molecular weight excluding hydrogens is 358 g/mol. The Kier molecular flexibility index (Phi) is 25.3. The van der Waals surface area contributed by atoms with Crippen molar-refractivity contribution in [3.8, 4) is 0 Å². The summed E-state index contributed by atoms with van der Waals surface area (Å²) in [6, 6.07) is 0.